The van der Waals surface area contributed by atoms with Crippen molar-refractivity contribution in [3.63, 3.8) is 0 Å². The predicted octanol–water partition coefficient (Wildman–Crippen LogP) is 4.06. The molecule has 0 fully saturated rings. The molecule has 8 heteroatoms. The van der Waals surface area contributed by atoms with Crippen molar-refractivity contribution in [2.75, 3.05) is 0 Å². The molecule has 2 aromatic carbocycles. The number of alkyl halides is 2. The quantitative estimate of drug-likeness (QED) is 0.477. The second-order valence-electron chi connectivity index (χ2n) is 5.66. The molecule has 1 aromatic heterocycles. The molecule has 27 heavy (non-hydrogen) atoms. The smallest absolute Gasteiger partial charge is 0.264 e. The fourth-order valence-electron chi connectivity index (χ4n) is 2.64. The number of rotatable bonds is 4. The van der Waals surface area contributed by atoms with Crippen LogP contribution in [0.2, 0.25) is 0 Å². The van der Waals surface area contributed by atoms with Gasteiger partial charge in [0.15, 0.2) is 0 Å². The fourth-order valence-corrected chi connectivity index (χ4v) is 2.64. The van der Waals surface area contributed by atoms with Crippen LogP contribution in [0, 0.1) is 16.6 Å². The number of hydrogen-bond acceptors (Lipinski definition) is 3. The van der Waals surface area contributed by atoms with E-state index >= 15 is 0 Å². The number of hydrogen-bond donors (Lipinski definition) is 3. The summed E-state index contributed by atoms with van der Waals surface area (Å²) in [5.74, 6) is -0.999. The largest absolute Gasteiger partial charge is 0.368 e. The SMILES string of the molecule is N=C(N)N=C(C(=N)c1ccc2nccc(C(F)F)c2c1)c1ccc(F)cc1. The number of nitrogens with one attached hydrogen (secondary N) is 2. The van der Waals surface area contributed by atoms with Gasteiger partial charge in [0.25, 0.3) is 6.43 Å². The fraction of sp³-hybridized carbons (Fsp3) is 0.0526. The average Bonchev–Trinajstić information content (AvgIpc) is 2.65. The maximum absolute atomic E-state index is 13.3. The van der Waals surface area contributed by atoms with E-state index in [0.717, 1.165) is 0 Å². The van der Waals surface area contributed by atoms with Crippen molar-refractivity contribution in [3.8, 4) is 0 Å². The highest BCUT2D eigenvalue weighted by Crippen LogP contribution is 2.27. The lowest BCUT2D eigenvalue weighted by Crippen LogP contribution is -2.20. The minimum atomic E-state index is -2.69. The zero-order chi connectivity index (χ0) is 19.6. The molecular weight excluding hydrogens is 355 g/mol. The van der Waals surface area contributed by atoms with Crippen molar-refractivity contribution in [1.29, 1.82) is 10.8 Å². The lowest BCUT2D eigenvalue weighted by atomic mass is 9.97. The maximum atomic E-state index is 13.3. The summed E-state index contributed by atoms with van der Waals surface area (Å²) in [6.45, 7) is 0. The summed E-state index contributed by atoms with van der Waals surface area (Å²) in [6.07, 6.45) is -1.39. The normalized spacial score (nSPS) is 11.8. The van der Waals surface area contributed by atoms with Crippen LogP contribution in [0.3, 0.4) is 0 Å². The van der Waals surface area contributed by atoms with Gasteiger partial charge >= 0.3 is 0 Å². The van der Waals surface area contributed by atoms with Gasteiger partial charge in [-0.2, -0.15) is 0 Å². The van der Waals surface area contributed by atoms with E-state index < -0.39 is 18.2 Å². The Morgan fingerprint density at radius 2 is 1.67 bits per heavy atom. The molecule has 0 aliphatic rings. The molecule has 5 nitrogen and oxygen atoms in total. The summed E-state index contributed by atoms with van der Waals surface area (Å²) in [4.78, 5) is 7.91. The molecule has 4 N–H and O–H groups in total. The van der Waals surface area contributed by atoms with Gasteiger partial charge < -0.3 is 5.73 Å². The van der Waals surface area contributed by atoms with Gasteiger partial charge in [-0.1, -0.05) is 6.07 Å². The van der Waals surface area contributed by atoms with E-state index in [4.69, 9.17) is 16.6 Å². The van der Waals surface area contributed by atoms with Gasteiger partial charge in [-0.05, 0) is 42.5 Å². The summed E-state index contributed by atoms with van der Waals surface area (Å²) in [6, 6.07) is 10.9. The Bertz CT molecular complexity index is 1060. The van der Waals surface area contributed by atoms with Crippen molar-refractivity contribution >= 4 is 28.3 Å². The second kappa shape index (κ2) is 7.36. The Hall–Kier alpha value is -3.55. The third-order valence-electron chi connectivity index (χ3n) is 3.89. The first-order valence-electron chi connectivity index (χ1n) is 7.81. The summed E-state index contributed by atoms with van der Waals surface area (Å²) >= 11 is 0. The van der Waals surface area contributed by atoms with Crippen LogP contribution in [0.25, 0.3) is 10.9 Å². The van der Waals surface area contributed by atoms with Gasteiger partial charge in [0.1, 0.15) is 5.82 Å². The van der Waals surface area contributed by atoms with E-state index in [9.17, 15) is 13.2 Å². The van der Waals surface area contributed by atoms with E-state index in [2.05, 4.69) is 9.98 Å². The van der Waals surface area contributed by atoms with Crippen molar-refractivity contribution in [2.45, 2.75) is 6.43 Å². The highest BCUT2D eigenvalue weighted by atomic mass is 19.3. The molecule has 0 spiro atoms. The average molecular weight is 369 g/mol. The lowest BCUT2D eigenvalue weighted by Gasteiger charge is -2.11. The first kappa shape index (κ1) is 18.2. The van der Waals surface area contributed by atoms with E-state index in [1.54, 1.807) is 6.07 Å². The van der Waals surface area contributed by atoms with E-state index in [1.165, 1.54) is 48.7 Å². The molecule has 0 atom stereocenters. The molecule has 136 valence electrons. The van der Waals surface area contributed by atoms with Gasteiger partial charge in [0.05, 0.1) is 16.9 Å². The van der Waals surface area contributed by atoms with E-state index in [-0.39, 0.29) is 22.4 Å². The third-order valence-corrected chi connectivity index (χ3v) is 3.89. The number of aromatic nitrogens is 1. The zero-order valence-electron chi connectivity index (χ0n) is 13.9. The van der Waals surface area contributed by atoms with Gasteiger partial charge in [0.2, 0.25) is 5.96 Å². The number of nitrogens with zero attached hydrogens (tertiary/aromatic N) is 2. The Balaban J connectivity index is 2.12. The van der Waals surface area contributed by atoms with Crippen molar-refractivity contribution in [1.82, 2.24) is 4.98 Å². The first-order valence-corrected chi connectivity index (χ1v) is 7.81. The first-order chi connectivity index (χ1) is 12.9. The van der Waals surface area contributed by atoms with Crippen molar-refractivity contribution < 1.29 is 13.2 Å². The molecule has 3 rings (SSSR count). The number of halogens is 3. The molecular formula is C19H14F3N5. The molecule has 1 heterocycles. The van der Waals surface area contributed by atoms with Gasteiger partial charge in [0, 0.05) is 28.3 Å². The number of guanidine groups is 1. The zero-order valence-corrected chi connectivity index (χ0v) is 13.9. The number of aliphatic imine (C=N–C) groups is 1. The number of pyridine rings is 1. The number of fused-ring (bicyclic) bond motifs is 1. The molecule has 0 radical (unpaired) electrons. The topological polar surface area (TPSA) is 99.0 Å². The van der Waals surface area contributed by atoms with E-state index in [0.29, 0.717) is 16.6 Å². The maximum Gasteiger partial charge on any atom is 0.264 e. The second-order valence-corrected chi connectivity index (χ2v) is 5.66. The molecule has 0 aliphatic carbocycles. The summed E-state index contributed by atoms with van der Waals surface area (Å²) < 4.78 is 39.7. The summed E-state index contributed by atoms with van der Waals surface area (Å²) in [5.41, 5.74) is 6.09. The lowest BCUT2D eigenvalue weighted by molar-refractivity contribution is 0.153. The van der Waals surface area contributed by atoms with Gasteiger partial charge in [-0.15, -0.1) is 0 Å². The molecule has 0 saturated heterocycles. The third kappa shape index (κ3) is 3.84. The molecule has 0 aliphatic heterocycles. The van der Waals surface area contributed by atoms with Crippen LogP contribution in [-0.4, -0.2) is 22.4 Å². The molecule has 0 amide bonds. The number of benzene rings is 2. The Labute approximate surface area is 152 Å². The van der Waals surface area contributed by atoms with Crippen LogP contribution in [-0.2, 0) is 0 Å². The molecule has 3 aromatic rings. The molecule has 0 bridgehead atoms. The predicted molar refractivity (Wildman–Crippen MR) is 98.4 cm³/mol. The van der Waals surface area contributed by atoms with Crippen molar-refractivity contribution in [3.05, 3.63) is 77.2 Å². The monoisotopic (exact) mass is 369 g/mol. The van der Waals surface area contributed by atoms with Crippen LogP contribution in [0.15, 0.2) is 59.7 Å². The van der Waals surface area contributed by atoms with E-state index in [1.807, 2.05) is 0 Å². The van der Waals surface area contributed by atoms with Crippen LogP contribution in [0.5, 0.6) is 0 Å². The minimum Gasteiger partial charge on any atom is -0.368 e. The van der Waals surface area contributed by atoms with Gasteiger partial charge in [-0.3, -0.25) is 15.8 Å². The van der Waals surface area contributed by atoms with Crippen molar-refractivity contribution in [2.24, 2.45) is 10.7 Å². The molecule has 0 unspecified atom stereocenters. The summed E-state index contributed by atoms with van der Waals surface area (Å²) in [7, 11) is 0. The summed E-state index contributed by atoms with van der Waals surface area (Å²) in [5, 5.41) is 16.1. The van der Waals surface area contributed by atoms with Gasteiger partial charge in [-0.25, -0.2) is 18.2 Å². The highest BCUT2D eigenvalue weighted by molar-refractivity contribution is 6.53. The minimum absolute atomic E-state index is 0.0318. The number of nitrogens with two attached hydrogens (primary N) is 1. The Morgan fingerprint density at radius 3 is 2.30 bits per heavy atom. The Kier molecular flexibility index (Phi) is 4.98. The van der Waals surface area contributed by atoms with Crippen LogP contribution >= 0.6 is 0 Å². The van der Waals surface area contributed by atoms with Crippen LogP contribution in [0.4, 0.5) is 13.2 Å². The standard InChI is InChI=1S/C19H14F3N5/c20-12-4-1-10(2-5-12)17(27-19(24)25)16(23)11-3-6-15-14(9-11)13(18(21)22)7-8-26-15/h1-9,18,23H,(H3,24,25). The highest BCUT2D eigenvalue weighted by Gasteiger charge is 2.17. The molecule has 0 saturated carbocycles. The van der Waals surface area contributed by atoms with Crippen LogP contribution in [0.1, 0.15) is 23.1 Å². The Morgan fingerprint density at radius 1 is 1.00 bits per heavy atom. The van der Waals surface area contributed by atoms with Crippen LogP contribution < -0.4 is 5.73 Å².